The van der Waals surface area contributed by atoms with E-state index in [9.17, 15) is 9.59 Å². The SMILES string of the molecule is CC(=O)N1C(c2ccccc2)=NC(=O)[C@H]1Cc1ccccc1. The summed E-state index contributed by atoms with van der Waals surface area (Å²) >= 11 is 0. The highest BCUT2D eigenvalue weighted by molar-refractivity contribution is 6.18. The minimum absolute atomic E-state index is 0.172. The molecule has 0 N–H and O–H groups in total. The van der Waals surface area contributed by atoms with Crippen LogP contribution < -0.4 is 0 Å². The number of rotatable bonds is 3. The van der Waals surface area contributed by atoms with E-state index in [1.807, 2.05) is 60.7 Å². The molecule has 2 amide bonds. The highest BCUT2D eigenvalue weighted by atomic mass is 16.2. The Hall–Kier alpha value is -2.75. The summed E-state index contributed by atoms with van der Waals surface area (Å²) in [5, 5.41) is 0. The third-order valence-corrected chi connectivity index (χ3v) is 3.68. The van der Waals surface area contributed by atoms with Gasteiger partial charge in [0.15, 0.2) is 0 Å². The Balaban J connectivity index is 1.93. The van der Waals surface area contributed by atoms with E-state index in [1.165, 1.54) is 11.8 Å². The van der Waals surface area contributed by atoms with Crippen LogP contribution in [0.15, 0.2) is 65.7 Å². The summed E-state index contributed by atoms with van der Waals surface area (Å²) < 4.78 is 0. The first-order valence-corrected chi connectivity index (χ1v) is 7.18. The molecule has 110 valence electrons. The molecule has 1 aliphatic rings. The van der Waals surface area contributed by atoms with Gasteiger partial charge >= 0.3 is 0 Å². The quantitative estimate of drug-likeness (QED) is 0.872. The molecule has 0 unspecified atom stereocenters. The molecule has 0 saturated carbocycles. The van der Waals surface area contributed by atoms with Gasteiger partial charge in [0.25, 0.3) is 5.91 Å². The van der Waals surface area contributed by atoms with E-state index in [1.54, 1.807) is 0 Å². The van der Waals surface area contributed by atoms with Crippen molar-refractivity contribution in [3.05, 3.63) is 71.8 Å². The summed E-state index contributed by atoms with van der Waals surface area (Å²) in [4.78, 5) is 30.0. The average molecular weight is 292 g/mol. The van der Waals surface area contributed by atoms with E-state index in [-0.39, 0.29) is 11.8 Å². The molecule has 0 fully saturated rings. The van der Waals surface area contributed by atoms with Crippen molar-refractivity contribution in [2.75, 3.05) is 0 Å². The van der Waals surface area contributed by atoms with Gasteiger partial charge in [-0.1, -0.05) is 60.7 Å². The molecule has 0 radical (unpaired) electrons. The van der Waals surface area contributed by atoms with Crippen LogP contribution in [-0.4, -0.2) is 28.6 Å². The molecule has 22 heavy (non-hydrogen) atoms. The van der Waals surface area contributed by atoms with E-state index in [0.29, 0.717) is 12.3 Å². The Kier molecular flexibility index (Phi) is 3.83. The number of nitrogens with zero attached hydrogens (tertiary/aromatic N) is 2. The van der Waals surface area contributed by atoms with Gasteiger partial charge in [0.05, 0.1) is 0 Å². The molecule has 4 heteroatoms. The van der Waals surface area contributed by atoms with Crippen molar-refractivity contribution in [2.45, 2.75) is 19.4 Å². The smallest absolute Gasteiger partial charge is 0.271 e. The lowest BCUT2D eigenvalue weighted by Crippen LogP contribution is -2.43. The van der Waals surface area contributed by atoms with E-state index >= 15 is 0 Å². The number of amides is 2. The van der Waals surface area contributed by atoms with Gasteiger partial charge < -0.3 is 0 Å². The topological polar surface area (TPSA) is 49.7 Å². The number of carbonyl (C=O) groups excluding carboxylic acids is 2. The maximum Gasteiger partial charge on any atom is 0.271 e. The van der Waals surface area contributed by atoms with Gasteiger partial charge in [0.2, 0.25) is 5.91 Å². The van der Waals surface area contributed by atoms with E-state index in [4.69, 9.17) is 0 Å². The van der Waals surface area contributed by atoms with Crippen LogP contribution in [0.4, 0.5) is 0 Å². The van der Waals surface area contributed by atoms with Gasteiger partial charge in [-0.25, -0.2) is 0 Å². The maximum atomic E-state index is 12.3. The van der Waals surface area contributed by atoms with Crippen LogP contribution in [0.25, 0.3) is 0 Å². The van der Waals surface area contributed by atoms with E-state index in [2.05, 4.69) is 4.99 Å². The molecule has 0 bridgehead atoms. The number of hydrogen-bond donors (Lipinski definition) is 0. The number of aliphatic imine (C=N–C) groups is 1. The van der Waals surface area contributed by atoms with Crippen molar-refractivity contribution >= 4 is 17.6 Å². The molecule has 0 spiro atoms. The standard InChI is InChI=1S/C18H16N2O2/c1-13(21)20-16(12-14-8-4-2-5-9-14)18(22)19-17(20)15-10-6-3-7-11-15/h2-11,16H,12H2,1H3/t16-/m1/s1. The van der Waals surface area contributed by atoms with Crippen LogP contribution >= 0.6 is 0 Å². The van der Waals surface area contributed by atoms with Gasteiger partial charge in [-0.05, 0) is 5.56 Å². The van der Waals surface area contributed by atoms with Crippen molar-refractivity contribution in [3.8, 4) is 0 Å². The zero-order valence-corrected chi connectivity index (χ0v) is 12.3. The number of carbonyl (C=O) groups is 2. The second-order valence-corrected chi connectivity index (χ2v) is 5.23. The molecule has 4 nitrogen and oxygen atoms in total. The molecule has 0 aromatic heterocycles. The van der Waals surface area contributed by atoms with Gasteiger partial charge in [0.1, 0.15) is 11.9 Å². The third kappa shape index (κ3) is 2.68. The molecule has 2 aromatic rings. The maximum absolute atomic E-state index is 12.3. The molecular weight excluding hydrogens is 276 g/mol. The van der Waals surface area contributed by atoms with Crippen molar-refractivity contribution in [1.82, 2.24) is 4.90 Å². The predicted octanol–water partition coefficient (Wildman–Crippen LogP) is 2.43. The molecular formula is C18H16N2O2. The molecule has 1 aliphatic heterocycles. The molecule has 1 heterocycles. The lowest BCUT2D eigenvalue weighted by molar-refractivity contribution is -0.131. The number of benzene rings is 2. The minimum Gasteiger partial charge on any atom is -0.283 e. The zero-order chi connectivity index (χ0) is 15.5. The van der Waals surface area contributed by atoms with Crippen LogP contribution in [0.3, 0.4) is 0 Å². The summed E-state index contributed by atoms with van der Waals surface area (Å²) in [7, 11) is 0. The highest BCUT2D eigenvalue weighted by Crippen LogP contribution is 2.21. The van der Waals surface area contributed by atoms with Gasteiger partial charge in [0, 0.05) is 18.9 Å². The summed E-state index contributed by atoms with van der Waals surface area (Å²) in [5.74, 6) is 0.00585. The van der Waals surface area contributed by atoms with Crippen molar-refractivity contribution < 1.29 is 9.59 Å². The normalized spacial score (nSPS) is 17.5. The number of hydrogen-bond acceptors (Lipinski definition) is 2. The average Bonchev–Trinajstić information content (AvgIpc) is 2.86. The Morgan fingerprint density at radius 1 is 1.05 bits per heavy atom. The lowest BCUT2D eigenvalue weighted by Gasteiger charge is -2.23. The monoisotopic (exact) mass is 292 g/mol. The van der Waals surface area contributed by atoms with Crippen LogP contribution in [0.1, 0.15) is 18.1 Å². The Morgan fingerprint density at radius 3 is 2.23 bits per heavy atom. The summed E-state index contributed by atoms with van der Waals surface area (Å²) in [6, 6.07) is 18.4. The largest absolute Gasteiger partial charge is 0.283 e. The highest BCUT2D eigenvalue weighted by Gasteiger charge is 2.38. The Bertz CT molecular complexity index is 723. The first kappa shape index (κ1) is 14.2. The summed E-state index contributed by atoms with van der Waals surface area (Å²) in [6.07, 6.45) is 0.471. The zero-order valence-electron chi connectivity index (χ0n) is 12.3. The van der Waals surface area contributed by atoms with Gasteiger partial charge in [-0.15, -0.1) is 0 Å². The van der Waals surface area contributed by atoms with Crippen molar-refractivity contribution in [3.63, 3.8) is 0 Å². The first-order chi connectivity index (χ1) is 10.7. The van der Waals surface area contributed by atoms with Crippen LogP contribution in [0, 0.1) is 0 Å². The predicted molar refractivity (Wildman–Crippen MR) is 84.4 cm³/mol. The summed E-state index contributed by atoms with van der Waals surface area (Å²) in [6.45, 7) is 1.47. The number of amidine groups is 1. The van der Waals surface area contributed by atoms with Crippen molar-refractivity contribution in [2.24, 2.45) is 4.99 Å². The van der Waals surface area contributed by atoms with Crippen LogP contribution in [0.5, 0.6) is 0 Å². The van der Waals surface area contributed by atoms with Gasteiger partial charge in [-0.3, -0.25) is 14.5 Å². The fourth-order valence-corrected chi connectivity index (χ4v) is 2.67. The second kappa shape index (κ2) is 5.93. The van der Waals surface area contributed by atoms with Crippen LogP contribution in [-0.2, 0) is 16.0 Å². The fraction of sp³-hybridized carbons (Fsp3) is 0.167. The molecule has 0 saturated heterocycles. The second-order valence-electron chi connectivity index (χ2n) is 5.23. The Morgan fingerprint density at radius 2 is 1.64 bits per heavy atom. The lowest BCUT2D eigenvalue weighted by atomic mass is 10.0. The first-order valence-electron chi connectivity index (χ1n) is 7.18. The van der Waals surface area contributed by atoms with Crippen LogP contribution in [0.2, 0.25) is 0 Å². The molecule has 2 aromatic carbocycles. The molecule has 0 aliphatic carbocycles. The van der Waals surface area contributed by atoms with Gasteiger partial charge in [-0.2, -0.15) is 4.99 Å². The summed E-state index contributed by atoms with van der Waals surface area (Å²) in [5.41, 5.74) is 1.79. The minimum atomic E-state index is -0.560. The van der Waals surface area contributed by atoms with E-state index < -0.39 is 6.04 Å². The molecule has 3 rings (SSSR count). The third-order valence-electron chi connectivity index (χ3n) is 3.68. The van der Waals surface area contributed by atoms with E-state index in [0.717, 1.165) is 11.1 Å². The molecule has 1 atom stereocenters. The van der Waals surface area contributed by atoms with Crippen molar-refractivity contribution in [1.29, 1.82) is 0 Å². The Labute approximate surface area is 129 Å². The fourth-order valence-electron chi connectivity index (χ4n) is 2.67.